The molecule has 1 aromatic carbocycles. The molecule has 1 amide bonds. The van der Waals surface area contributed by atoms with Gasteiger partial charge in [-0.25, -0.2) is 8.78 Å². The van der Waals surface area contributed by atoms with Gasteiger partial charge >= 0.3 is 0 Å². The van der Waals surface area contributed by atoms with Crippen LogP contribution < -0.4 is 5.32 Å². The molecule has 0 saturated heterocycles. The molecular formula is C11H11F2NO. The molecule has 15 heavy (non-hydrogen) atoms. The molecule has 0 aliphatic heterocycles. The van der Waals surface area contributed by atoms with E-state index in [-0.39, 0.29) is 5.56 Å². The van der Waals surface area contributed by atoms with Crippen molar-refractivity contribution in [2.24, 2.45) is 0 Å². The molecule has 0 radical (unpaired) electrons. The van der Waals surface area contributed by atoms with Crippen LogP contribution in [0.4, 0.5) is 8.78 Å². The van der Waals surface area contributed by atoms with Crippen molar-refractivity contribution < 1.29 is 13.6 Å². The SMILES string of the molecule is C=CCCNC(=O)c1ccc(F)c(F)c1. The number of hydrogen-bond donors (Lipinski definition) is 1. The van der Waals surface area contributed by atoms with Gasteiger partial charge in [-0.3, -0.25) is 4.79 Å². The van der Waals surface area contributed by atoms with Gasteiger partial charge in [0.15, 0.2) is 11.6 Å². The van der Waals surface area contributed by atoms with Gasteiger partial charge in [-0.05, 0) is 24.6 Å². The minimum atomic E-state index is -1.02. The summed E-state index contributed by atoms with van der Waals surface area (Å²) < 4.78 is 25.3. The van der Waals surface area contributed by atoms with Crippen LogP contribution in [-0.4, -0.2) is 12.5 Å². The lowest BCUT2D eigenvalue weighted by Crippen LogP contribution is -2.24. The molecule has 0 saturated carbocycles. The zero-order chi connectivity index (χ0) is 11.3. The van der Waals surface area contributed by atoms with Crippen LogP contribution in [0.2, 0.25) is 0 Å². The van der Waals surface area contributed by atoms with Crippen LogP contribution in [0.5, 0.6) is 0 Å². The molecule has 1 rings (SSSR count). The van der Waals surface area contributed by atoms with Crippen LogP contribution >= 0.6 is 0 Å². The molecule has 1 N–H and O–H groups in total. The Balaban J connectivity index is 2.65. The number of nitrogens with one attached hydrogen (secondary N) is 1. The molecule has 0 aliphatic carbocycles. The predicted octanol–water partition coefficient (Wildman–Crippen LogP) is 2.27. The average Bonchev–Trinajstić information content (AvgIpc) is 2.22. The van der Waals surface area contributed by atoms with Gasteiger partial charge in [-0.2, -0.15) is 0 Å². The molecule has 0 spiro atoms. The fraction of sp³-hybridized carbons (Fsp3) is 0.182. The Kier molecular flexibility index (Phi) is 3.97. The second-order valence-corrected chi connectivity index (χ2v) is 2.96. The van der Waals surface area contributed by atoms with Crippen molar-refractivity contribution in [3.05, 3.63) is 48.1 Å². The minimum Gasteiger partial charge on any atom is -0.352 e. The Morgan fingerprint density at radius 3 is 2.73 bits per heavy atom. The topological polar surface area (TPSA) is 29.1 Å². The Bertz CT molecular complexity index is 377. The molecule has 0 fully saturated rings. The van der Waals surface area contributed by atoms with Gasteiger partial charge in [0.2, 0.25) is 0 Å². The number of carbonyl (C=O) groups is 1. The van der Waals surface area contributed by atoms with E-state index in [9.17, 15) is 13.6 Å². The van der Waals surface area contributed by atoms with Crippen molar-refractivity contribution >= 4 is 5.91 Å². The normalized spacial score (nSPS) is 9.73. The Morgan fingerprint density at radius 1 is 1.40 bits per heavy atom. The highest BCUT2D eigenvalue weighted by atomic mass is 19.2. The fourth-order valence-corrected chi connectivity index (χ4v) is 1.03. The molecule has 2 nitrogen and oxygen atoms in total. The third kappa shape index (κ3) is 3.16. The van der Waals surface area contributed by atoms with Crippen LogP contribution in [0.15, 0.2) is 30.9 Å². The molecule has 0 aromatic heterocycles. The van der Waals surface area contributed by atoms with Crippen LogP contribution in [-0.2, 0) is 0 Å². The molecule has 0 atom stereocenters. The van der Waals surface area contributed by atoms with E-state index in [4.69, 9.17) is 0 Å². The smallest absolute Gasteiger partial charge is 0.251 e. The van der Waals surface area contributed by atoms with Crippen molar-refractivity contribution in [1.29, 1.82) is 0 Å². The summed E-state index contributed by atoms with van der Waals surface area (Å²) in [7, 11) is 0. The van der Waals surface area contributed by atoms with Crippen LogP contribution in [0.3, 0.4) is 0 Å². The predicted molar refractivity (Wildman–Crippen MR) is 53.5 cm³/mol. The summed E-state index contributed by atoms with van der Waals surface area (Å²) in [6.45, 7) is 3.93. The van der Waals surface area contributed by atoms with Crippen molar-refractivity contribution in [2.45, 2.75) is 6.42 Å². The molecule has 0 bridgehead atoms. The summed E-state index contributed by atoms with van der Waals surface area (Å²) in [5, 5.41) is 2.55. The van der Waals surface area contributed by atoms with Gasteiger partial charge < -0.3 is 5.32 Å². The van der Waals surface area contributed by atoms with Crippen molar-refractivity contribution in [2.75, 3.05) is 6.54 Å². The highest BCUT2D eigenvalue weighted by Gasteiger charge is 2.08. The maximum absolute atomic E-state index is 12.8. The second kappa shape index (κ2) is 5.24. The number of halogens is 2. The van der Waals surface area contributed by atoms with E-state index in [1.54, 1.807) is 6.08 Å². The first-order valence-electron chi connectivity index (χ1n) is 4.49. The first-order chi connectivity index (χ1) is 7.15. The first kappa shape index (κ1) is 11.4. The molecule has 80 valence electrons. The molecule has 0 unspecified atom stereocenters. The largest absolute Gasteiger partial charge is 0.352 e. The van der Waals surface area contributed by atoms with Crippen molar-refractivity contribution in [3.63, 3.8) is 0 Å². The Morgan fingerprint density at radius 2 is 2.13 bits per heavy atom. The average molecular weight is 211 g/mol. The fourth-order valence-electron chi connectivity index (χ4n) is 1.03. The van der Waals surface area contributed by atoms with E-state index < -0.39 is 17.5 Å². The van der Waals surface area contributed by atoms with Gasteiger partial charge in [0.1, 0.15) is 0 Å². The number of rotatable bonds is 4. The molecule has 0 aliphatic rings. The van der Waals surface area contributed by atoms with E-state index in [1.165, 1.54) is 6.07 Å². The summed E-state index contributed by atoms with van der Waals surface area (Å²) >= 11 is 0. The quantitative estimate of drug-likeness (QED) is 0.600. The highest BCUT2D eigenvalue weighted by Crippen LogP contribution is 2.08. The van der Waals surface area contributed by atoms with Crippen LogP contribution in [0.25, 0.3) is 0 Å². The number of benzene rings is 1. The second-order valence-electron chi connectivity index (χ2n) is 2.96. The van der Waals surface area contributed by atoms with Crippen molar-refractivity contribution in [1.82, 2.24) is 5.32 Å². The van der Waals surface area contributed by atoms with Gasteiger partial charge in [0.05, 0.1) is 0 Å². The van der Waals surface area contributed by atoms with Crippen molar-refractivity contribution in [3.8, 4) is 0 Å². The lowest BCUT2D eigenvalue weighted by atomic mass is 10.2. The highest BCUT2D eigenvalue weighted by molar-refractivity contribution is 5.94. The summed E-state index contributed by atoms with van der Waals surface area (Å²) in [5.41, 5.74) is 0.109. The first-order valence-corrected chi connectivity index (χ1v) is 4.49. The third-order valence-electron chi connectivity index (χ3n) is 1.82. The summed E-state index contributed by atoms with van der Waals surface area (Å²) in [4.78, 5) is 11.3. The Hall–Kier alpha value is -1.71. The summed E-state index contributed by atoms with van der Waals surface area (Å²) in [6, 6.07) is 3.04. The summed E-state index contributed by atoms with van der Waals surface area (Å²) in [6.07, 6.45) is 2.29. The Labute approximate surface area is 86.6 Å². The molecule has 0 heterocycles. The van der Waals surface area contributed by atoms with E-state index in [0.29, 0.717) is 13.0 Å². The van der Waals surface area contributed by atoms with E-state index in [0.717, 1.165) is 12.1 Å². The van der Waals surface area contributed by atoms with Crippen LogP contribution in [0.1, 0.15) is 16.8 Å². The molecular weight excluding hydrogens is 200 g/mol. The van der Waals surface area contributed by atoms with Crippen LogP contribution in [0, 0.1) is 11.6 Å². The maximum atomic E-state index is 12.8. The van der Waals surface area contributed by atoms with E-state index in [2.05, 4.69) is 11.9 Å². The zero-order valence-corrected chi connectivity index (χ0v) is 8.09. The van der Waals surface area contributed by atoms with Gasteiger partial charge in [0.25, 0.3) is 5.91 Å². The maximum Gasteiger partial charge on any atom is 0.251 e. The lowest BCUT2D eigenvalue weighted by molar-refractivity contribution is 0.0954. The number of carbonyl (C=O) groups excluding carboxylic acids is 1. The van der Waals surface area contributed by atoms with E-state index >= 15 is 0 Å². The molecule has 1 aromatic rings. The third-order valence-corrected chi connectivity index (χ3v) is 1.82. The van der Waals surface area contributed by atoms with E-state index in [1.807, 2.05) is 0 Å². The van der Waals surface area contributed by atoms with Gasteiger partial charge in [-0.1, -0.05) is 6.08 Å². The standard InChI is InChI=1S/C11H11F2NO/c1-2-3-6-14-11(15)8-4-5-9(12)10(13)7-8/h2,4-5,7H,1,3,6H2,(H,14,15). The number of amides is 1. The van der Waals surface area contributed by atoms with Gasteiger partial charge in [0, 0.05) is 12.1 Å². The lowest BCUT2D eigenvalue weighted by Gasteiger charge is -2.03. The minimum absolute atomic E-state index is 0.109. The van der Waals surface area contributed by atoms with Gasteiger partial charge in [-0.15, -0.1) is 6.58 Å². The summed E-state index contributed by atoms with van der Waals surface area (Å²) in [5.74, 6) is -2.40. The number of hydrogen-bond acceptors (Lipinski definition) is 1. The monoisotopic (exact) mass is 211 g/mol. The molecule has 4 heteroatoms. The zero-order valence-electron chi connectivity index (χ0n) is 8.09.